The molecule has 0 fully saturated rings. The first-order valence-electron chi connectivity index (χ1n) is 6.78. The molecule has 1 rings (SSSR count). The maximum absolute atomic E-state index is 12.1. The summed E-state index contributed by atoms with van der Waals surface area (Å²) in [6.45, 7) is 4.60. The highest BCUT2D eigenvalue weighted by atomic mass is 35.5. The molecule has 2 N–H and O–H groups in total. The number of ether oxygens (including phenoxy) is 1. The van der Waals surface area contributed by atoms with Crippen LogP contribution < -0.4 is 10.6 Å². The van der Waals surface area contributed by atoms with E-state index in [4.69, 9.17) is 16.3 Å². The van der Waals surface area contributed by atoms with E-state index in [0.29, 0.717) is 23.7 Å². The van der Waals surface area contributed by atoms with E-state index in [1.165, 1.54) is 0 Å². The van der Waals surface area contributed by atoms with Gasteiger partial charge in [-0.25, -0.2) is 0 Å². The van der Waals surface area contributed by atoms with Crippen LogP contribution in [0, 0.1) is 5.92 Å². The maximum atomic E-state index is 12.1. The van der Waals surface area contributed by atoms with Crippen LogP contribution in [-0.4, -0.2) is 38.1 Å². The molecule has 1 aromatic rings. The Kier molecular flexibility index (Phi) is 7.19. The Morgan fingerprint density at radius 1 is 1.24 bits per heavy atom. The summed E-state index contributed by atoms with van der Waals surface area (Å²) in [5.41, 5.74) is 0.467. The van der Waals surface area contributed by atoms with E-state index in [1.54, 1.807) is 31.4 Å². The lowest BCUT2D eigenvalue weighted by molar-refractivity contribution is -0.124. The minimum absolute atomic E-state index is 0.0243. The first-order valence-corrected chi connectivity index (χ1v) is 7.16. The molecule has 0 radical (unpaired) electrons. The second-order valence-corrected chi connectivity index (χ2v) is 5.42. The van der Waals surface area contributed by atoms with Crippen LogP contribution in [-0.2, 0) is 9.53 Å². The number of hydrogen-bond acceptors (Lipinski definition) is 3. The summed E-state index contributed by atoms with van der Waals surface area (Å²) in [6, 6.07) is 5.93. The molecule has 1 atom stereocenters. The maximum Gasteiger partial charge on any atom is 0.251 e. The number of amides is 2. The molecule has 1 aromatic carbocycles. The van der Waals surface area contributed by atoms with Gasteiger partial charge >= 0.3 is 0 Å². The van der Waals surface area contributed by atoms with Crippen molar-refractivity contribution in [1.29, 1.82) is 0 Å². The summed E-state index contributed by atoms with van der Waals surface area (Å²) in [7, 11) is 1.56. The van der Waals surface area contributed by atoms with Crippen LogP contribution in [0.3, 0.4) is 0 Å². The number of carbonyl (C=O) groups is 2. The molecule has 0 aromatic heterocycles. The Morgan fingerprint density at radius 2 is 1.86 bits per heavy atom. The van der Waals surface area contributed by atoms with E-state index < -0.39 is 6.04 Å². The summed E-state index contributed by atoms with van der Waals surface area (Å²) in [5.74, 6) is -0.541. The van der Waals surface area contributed by atoms with Gasteiger partial charge in [0, 0.05) is 24.2 Å². The molecule has 116 valence electrons. The van der Waals surface area contributed by atoms with Crippen LogP contribution in [0.4, 0.5) is 0 Å². The number of halogens is 1. The molecular formula is C15H21ClN2O3. The van der Waals surface area contributed by atoms with Crippen LogP contribution in [0.25, 0.3) is 0 Å². The minimum atomic E-state index is -0.593. The van der Waals surface area contributed by atoms with Crippen molar-refractivity contribution >= 4 is 23.4 Å². The largest absolute Gasteiger partial charge is 0.383 e. The predicted octanol–water partition coefficient (Wildman–Crippen LogP) is 1.86. The number of benzene rings is 1. The summed E-state index contributed by atoms with van der Waals surface area (Å²) < 4.78 is 4.88. The fourth-order valence-corrected chi connectivity index (χ4v) is 1.87. The Balaban J connectivity index is 2.67. The summed E-state index contributed by atoms with van der Waals surface area (Å²) in [6.07, 6.45) is 0. The van der Waals surface area contributed by atoms with Crippen molar-refractivity contribution < 1.29 is 14.3 Å². The molecule has 0 saturated carbocycles. The van der Waals surface area contributed by atoms with Crippen molar-refractivity contribution in [3.63, 3.8) is 0 Å². The Hall–Kier alpha value is -1.59. The average molecular weight is 313 g/mol. The third kappa shape index (κ3) is 5.73. The normalized spacial score (nSPS) is 12.0. The molecule has 5 nitrogen and oxygen atoms in total. The van der Waals surface area contributed by atoms with Crippen LogP contribution in [0.15, 0.2) is 24.3 Å². The minimum Gasteiger partial charge on any atom is -0.383 e. The van der Waals surface area contributed by atoms with Crippen molar-refractivity contribution in [3.8, 4) is 0 Å². The van der Waals surface area contributed by atoms with E-state index in [1.807, 2.05) is 13.8 Å². The SMILES string of the molecule is COCCNC(=O)C(NC(=O)c1ccc(Cl)cc1)C(C)C. The van der Waals surface area contributed by atoms with Gasteiger partial charge < -0.3 is 15.4 Å². The fraction of sp³-hybridized carbons (Fsp3) is 0.467. The zero-order valence-electron chi connectivity index (χ0n) is 12.5. The van der Waals surface area contributed by atoms with Crippen LogP contribution in [0.2, 0.25) is 5.02 Å². The molecule has 0 aliphatic heterocycles. The van der Waals surface area contributed by atoms with Crippen LogP contribution in [0.1, 0.15) is 24.2 Å². The second kappa shape index (κ2) is 8.64. The molecule has 2 amide bonds. The topological polar surface area (TPSA) is 67.4 Å². The number of rotatable bonds is 7. The molecular weight excluding hydrogens is 292 g/mol. The quantitative estimate of drug-likeness (QED) is 0.755. The van der Waals surface area contributed by atoms with Gasteiger partial charge in [0.05, 0.1) is 6.61 Å². The Labute approximate surface area is 130 Å². The van der Waals surface area contributed by atoms with Gasteiger partial charge in [0.2, 0.25) is 5.91 Å². The highest BCUT2D eigenvalue weighted by molar-refractivity contribution is 6.30. The Morgan fingerprint density at radius 3 is 2.38 bits per heavy atom. The number of hydrogen-bond donors (Lipinski definition) is 2. The fourth-order valence-electron chi connectivity index (χ4n) is 1.75. The van der Waals surface area contributed by atoms with E-state index in [-0.39, 0.29) is 17.7 Å². The van der Waals surface area contributed by atoms with Crippen molar-refractivity contribution in [2.45, 2.75) is 19.9 Å². The smallest absolute Gasteiger partial charge is 0.251 e. The zero-order valence-corrected chi connectivity index (χ0v) is 13.2. The lowest BCUT2D eigenvalue weighted by atomic mass is 10.0. The van der Waals surface area contributed by atoms with Crippen molar-refractivity contribution in [1.82, 2.24) is 10.6 Å². The molecule has 0 saturated heterocycles. The Bertz CT molecular complexity index is 474. The van der Waals surface area contributed by atoms with E-state index in [2.05, 4.69) is 10.6 Å². The molecule has 0 aliphatic carbocycles. The molecule has 0 heterocycles. The van der Waals surface area contributed by atoms with E-state index in [0.717, 1.165) is 0 Å². The molecule has 21 heavy (non-hydrogen) atoms. The number of nitrogens with one attached hydrogen (secondary N) is 2. The van der Waals surface area contributed by atoms with Gasteiger partial charge in [-0.2, -0.15) is 0 Å². The van der Waals surface area contributed by atoms with E-state index >= 15 is 0 Å². The monoisotopic (exact) mass is 312 g/mol. The third-order valence-corrected chi connectivity index (χ3v) is 3.20. The van der Waals surface area contributed by atoms with Crippen LogP contribution >= 0.6 is 11.6 Å². The van der Waals surface area contributed by atoms with Gasteiger partial charge in [-0.1, -0.05) is 25.4 Å². The second-order valence-electron chi connectivity index (χ2n) is 4.99. The van der Waals surface area contributed by atoms with Gasteiger partial charge in [0.25, 0.3) is 5.91 Å². The summed E-state index contributed by atoms with van der Waals surface area (Å²) in [4.78, 5) is 24.2. The average Bonchev–Trinajstić information content (AvgIpc) is 2.45. The van der Waals surface area contributed by atoms with Gasteiger partial charge in [0.1, 0.15) is 6.04 Å². The van der Waals surface area contributed by atoms with Gasteiger partial charge in [-0.05, 0) is 30.2 Å². The van der Waals surface area contributed by atoms with Gasteiger partial charge in [-0.3, -0.25) is 9.59 Å². The first-order chi connectivity index (χ1) is 9.95. The zero-order chi connectivity index (χ0) is 15.8. The number of methoxy groups -OCH3 is 1. The first kappa shape index (κ1) is 17.5. The highest BCUT2D eigenvalue weighted by Crippen LogP contribution is 2.10. The standard InChI is InChI=1S/C15H21ClN2O3/c1-10(2)13(15(20)17-8-9-21-3)18-14(19)11-4-6-12(16)7-5-11/h4-7,10,13H,8-9H2,1-3H3,(H,17,20)(H,18,19). The summed E-state index contributed by atoms with van der Waals surface area (Å²) in [5, 5.41) is 6.03. The number of carbonyl (C=O) groups excluding carboxylic acids is 2. The van der Waals surface area contributed by atoms with E-state index in [9.17, 15) is 9.59 Å². The molecule has 0 aliphatic rings. The van der Waals surface area contributed by atoms with Crippen molar-refractivity contribution in [3.05, 3.63) is 34.9 Å². The lowest BCUT2D eigenvalue weighted by Crippen LogP contribution is -2.50. The van der Waals surface area contributed by atoms with Crippen LogP contribution in [0.5, 0.6) is 0 Å². The predicted molar refractivity (Wildman–Crippen MR) is 82.4 cm³/mol. The summed E-state index contributed by atoms with van der Waals surface area (Å²) >= 11 is 5.79. The van der Waals surface area contributed by atoms with Crippen molar-refractivity contribution in [2.75, 3.05) is 20.3 Å². The molecule has 0 bridgehead atoms. The van der Waals surface area contributed by atoms with Gasteiger partial charge in [0.15, 0.2) is 0 Å². The van der Waals surface area contributed by atoms with Gasteiger partial charge in [-0.15, -0.1) is 0 Å². The third-order valence-electron chi connectivity index (χ3n) is 2.95. The molecule has 0 spiro atoms. The molecule has 1 unspecified atom stereocenters. The highest BCUT2D eigenvalue weighted by Gasteiger charge is 2.24. The molecule has 6 heteroatoms. The lowest BCUT2D eigenvalue weighted by Gasteiger charge is -2.21. The van der Waals surface area contributed by atoms with Crippen molar-refractivity contribution in [2.24, 2.45) is 5.92 Å².